The summed E-state index contributed by atoms with van der Waals surface area (Å²) >= 11 is 0. The number of carbonyl (C=O) groups is 2. The maximum atomic E-state index is 12.6. The molecule has 0 amide bonds. The van der Waals surface area contributed by atoms with Crippen LogP contribution in [-0.4, -0.2) is 60.5 Å². The largest absolute Gasteiger partial charge is 0.472 e. The Bertz CT molecular complexity index is 1080. The average molecular weight is 812 g/mol. The Hall–Kier alpha value is -2.07. The fraction of sp³-hybridized carbons (Fsp3) is 0.778. The molecule has 0 bridgehead atoms. The van der Waals surface area contributed by atoms with Crippen molar-refractivity contribution in [3.05, 3.63) is 48.6 Å². The molecular weight excluding hydrogens is 729 g/mol. The van der Waals surface area contributed by atoms with Gasteiger partial charge in [0.2, 0.25) is 0 Å². The van der Waals surface area contributed by atoms with Gasteiger partial charge in [-0.1, -0.05) is 165 Å². The molecule has 4 N–H and O–H groups in total. The van der Waals surface area contributed by atoms with E-state index in [9.17, 15) is 24.2 Å². The third-order valence-corrected chi connectivity index (χ3v) is 10.3. The van der Waals surface area contributed by atoms with Crippen molar-refractivity contribution in [2.75, 3.05) is 26.4 Å². The molecule has 0 saturated carbocycles. The van der Waals surface area contributed by atoms with E-state index < -0.39 is 38.6 Å². The van der Waals surface area contributed by atoms with E-state index in [1.54, 1.807) is 6.08 Å². The van der Waals surface area contributed by atoms with Crippen LogP contribution in [0.4, 0.5) is 0 Å². The zero-order valence-electron chi connectivity index (χ0n) is 35.5. The predicted octanol–water partition coefficient (Wildman–Crippen LogP) is 11.7. The van der Waals surface area contributed by atoms with Gasteiger partial charge in [0.05, 0.1) is 19.3 Å². The summed E-state index contributed by atoms with van der Waals surface area (Å²) < 4.78 is 32.7. The number of carbonyl (C=O) groups excluding carboxylic acids is 2. The van der Waals surface area contributed by atoms with Crippen molar-refractivity contribution in [2.24, 2.45) is 5.73 Å². The standard InChI is InChI=1S/C45H82NO9P/c1-3-5-7-9-11-12-13-14-15-16-17-18-19-20-21-22-24-28-33-37-45(49)55-43(41-54-56(50,51)53-39-38-46)40-52-44(48)36-32-29-25-27-31-35-42(47)34-30-26-23-10-8-6-4-2/h6,8,14-15,23,26,30,34,42-43,47H,3-5,7,9-13,16-22,24-25,27-29,31-33,35-41,46H2,1-2H3,(H,50,51)/b8-6+,15-14-,26-23+,34-30+/t42?,43-/m1/s1. The van der Waals surface area contributed by atoms with Crippen LogP contribution in [0.15, 0.2) is 48.6 Å². The van der Waals surface area contributed by atoms with Crippen molar-refractivity contribution in [1.29, 1.82) is 0 Å². The fourth-order valence-electron chi connectivity index (χ4n) is 5.99. The third kappa shape index (κ3) is 40.1. The molecule has 326 valence electrons. The first kappa shape index (κ1) is 53.9. The van der Waals surface area contributed by atoms with E-state index >= 15 is 0 Å². The summed E-state index contributed by atoms with van der Waals surface area (Å²) in [5, 5.41) is 10.1. The Labute approximate surface area is 341 Å². The van der Waals surface area contributed by atoms with Gasteiger partial charge in [0.1, 0.15) is 6.61 Å². The number of allylic oxidation sites excluding steroid dienone is 7. The number of phosphoric ester groups is 1. The lowest BCUT2D eigenvalue weighted by molar-refractivity contribution is -0.161. The molecule has 0 spiro atoms. The van der Waals surface area contributed by atoms with Gasteiger partial charge in [-0.15, -0.1) is 0 Å². The lowest BCUT2D eigenvalue weighted by atomic mass is 10.1. The molecule has 3 atom stereocenters. The molecule has 0 aliphatic heterocycles. The van der Waals surface area contributed by atoms with Crippen LogP contribution in [0.1, 0.15) is 187 Å². The van der Waals surface area contributed by atoms with Gasteiger partial charge in [-0.3, -0.25) is 18.6 Å². The predicted molar refractivity (Wildman–Crippen MR) is 230 cm³/mol. The summed E-state index contributed by atoms with van der Waals surface area (Å²) in [6.45, 7) is 3.49. The zero-order chi connectivity index (χ0) is 41.2. The topological polar surface area (TPSA) is 155 Å². The summed E-state index contributed by atoms with van der Waals surface area (Å²) in [6.07, 6.45) is 43.0. The molecule has 0 aromatic carbocycles. The summed E-state index contributed by atoms with van der Waals surface area (Å²) in [6, 6.07) is 0. The number of unbranched alkanes of at least 4 members (excludes halogenated alkanes) is 19. The van der Waals surface area contributed by atoms with Gasteiger partial charge in [-0.05, 0) is 57.8 Å². The van der Waals surface area contributed by atoms with Crippen LogP contribution >= 0.6 is 7.82 Å². The van der Waals surface area contributed by atoms with Crippen molar-refractivity contribution < 1.29 is 42.7 Å². The van der Waals surface area contributed by atoms with Crippen molar-refractivity contribution >= 4 is 19.8 Å². The summed E-state index contributed by atoms with van der Waals surface area (Å²) in [4.78, 5) is 34.9. The highest BCUT2D eigenvalue weighted by Crippen LogP contribution is 2.43. The maximum Gasteiger partial charge on any atom is 0.472 e. The third-order valence-electron chi connectivity index (χ3n) is 9.30. The molecule has 0 rings (SSSR count). The minimum atomic E-state index is -4.40. The van der Waals surface area contributed by atoms with Crippen LogP contribution < -0.4 is 5.73 Å². The SMILES string of the molecule is CC/C=C/C/C=C/C=C/C(O)CCCCCCCC(=O)OC[C@H](COP(=O)(O)OCCN)OC(=O)CCCCCCCCCCC/C=C\CCCCCCCC. The quantitative estimate of drug-likeness (QED) is 0.0179. The second kappa shape index (κ2) is 41.1. The van der Waals surface area contributed by atoms with Crippen molar-refractivity contribution in [2.45, 2.75) is 199 Å². The van der Waals surface area contributed by atoms with Crippen molar-refractivity contribution in [3.8, 4) is 0 Å². The van der Waals surface area contributed by atoms with Gasteiger partial charge in [-0.2, -0.15) is 0 Å². The van der Waals surface area contributed by atoms with E-state index in [-0.39, 0.29) is 32.6 Å². The molecule has 2 unspecified atom stereocenters. The van der Waals surface area contributed by atoms with Crippen molar-refractivity contribution in [1.82, 2.24) is 0 Å². The van der Waals surface area contributed by atoms with Gasteiger partial charge in [0, 0.05) is 19.4 Å². The summed E-state index contributed by atoms with van der Waals surface area (Å²) in [5.41, 5.74) is 5.34. The molecule has 0 aliphatic carbocycles. The van der Waals surface area contributed by atoms with Crippen LogP contribution in [0.2, 0.25) is 0 Å². The normalized spacial score (nSPS) is 14.3. The molecule has 0 saturated heterocycles. The van der Waals surface area contributed by atoms with Crippen LogP contribution in [0.25, 0.3) is 0 Å². The Balaban J connectivity index is 4.20. The Morgan fingerprint density at radius 2 is 1.20 bits per heavy atom. The summed E-state index contributed by atoms with van der Waals surface area (Å²) in [7, 11) is -4.40. The highest BCUT2D eigenvalue weighted by molar-refractivity contribution is 7.47. The molecule has 0 aliphatic rings. The molecule has 10 nitrogen and oxygen atoms in total. The second-order valence-corrected chi connectivity index (χ2v) is 16.2. The van der Waals surface area contributed by atoms with Gasteiger partial charge in [0.15, 0.2) is 6.10 Å². The number of esters is 2. The molecule has 0 fully saturated rings. The fourth-order valence-corrected chi connectivity index (χ4v) is 6.75. The molecule has 0 radical (unpaired) electrons. The molecule has 0 aromatic heterocycles. The Morgan fingerprint density at radius 1 is 0.643 bits per heavy atom. The first-order valence-corrected chi connectivity index (χ1v) is 23.7. The van der Waals surface area contributed by atoms with E-state index in [0.717, 1.165) is 57.8 Å². The summed E-state index contributed by atoms with van der Waals surface area (Å²) in [5.74, 6) is -0.907. The number of hydrogen-bond acceptors (Lipinski definition) is 9. The number of ether oxygens (including phenoxy) is 2. The van der Waals surface area contributed by atoms with Crippen LogP contribution in [0.3, 0.4) is 0 Å². The van der Waals surface area contributed by atoms with E-state index in [1.807, 2.05) is 12.2 Å². The average Bonchev–Trinajstić information content (AvgIpc) is 3.18. The molecule has 0 heterocycles. The van der Waals surface area contributed by atoms with Crippen LogP contribution in [-0.2, 0) is 32.7 Å². The minimum absolute atomic E-state index is 0.0376. The van der Waals surface area contributed by atoms with Crippen molar-refractivity contribution in [3.63, 3.8) is 0 Å². The Kier molecular flexibility index (Phi) is 39.6. The number of aliphatic hydroxyl groups is 1. The molecule has 11 heteroatoms. The second-order valence-electron chi connectivity index (χ2n) is 14.7. The van der Waals surface area contributed by atoms with E-state index in [2.05, 4.69) is 44.2 Å². The number of hydrogen-bond donors (Lipinski definition) is 3. The molecule has 56 heavy (non-hydrogen) atoms. The lowest BCUT2D eigenvalue weighted by Gasteiger charge is -2.19. The van der Waals surface area contributed by atoms with Gasteiger partial charge >= 0.3 is 19.8 Å². The monoisotopic (exact) mass is 812 g/mol. The first-order valence-electron chi connectivity index (χ1n) is 22.2. The van der Waals surface area contributed by atoms with Gasteiger partial charge < -0.3 is 25.2 Å². The first-order chi connectivity index (χ1) is 27.2. The number of phosphoric acid groups is 1. The zero-order valence-corrected chi connectivity index (χ0v) is 36.4. The minimum Gasteiger partial charge on any atom is -0.462 e. The van der Waals surface area contributed by atoms with Gasteiger partial charge in [-0.25, -0.2) is 4.57 Å². The highest BCUT2D eigenvalue weighted by atomic mass is 31.2. The number of rotatable bonds is 41. The van der Waals surface area contributed by atoms with E-state index in [0.29, 0.717) is 19.3 Å². The van der Waals surface area contributed by atoms with Crippen LogP contribution in [0.5, 0.6) is 0 Å². The maximum absolute atomic E-state index is 12.6. The van der Waals surface area contributed by atoms with E-state index in [4.69, 9.17) is 24.3 Å². The Morgan fingerprint density at radius 3 is 1.79 bits per heavy atom. The molecular formula is C45H82NO9P. The highest BCUT2D eigenvalue weighted by Gasteiger charge is 2.26. The number of nitrogens with two attached hydrogens (primary N) is 1. The molecule has 0 aromatic rings. The smallest absolute Gasteiger partial charge is 0.462 e. The van der Waals surface area contributed by atoms with E-state index in [1.165, 1.54) is 83.5 Å². The van der Waals surface area contributed by atoms with Crippen LogP contribution in [0, 0.1) is 0 Å². The number of aliphatic hydroxyl groups excluding tert-OH is 1. The lowest BCUT2D eigenvalue weighted by Crippen LogP contribution is -2.29. The van der Waals surface area contributed by atoms with Gasteiger partial charge in [0.25, 0.3) is 0 Å².